The number of rotatable bonds is 8. The maximum Gasteiger partial charge on any atom is 0.276 e. The molecule has 1 atom stereocenters. The van der Waals surface area contributed by atoms with Crippen LogP contribution in [0, 0.1) is 5.92 Å². The molecule has 7 heteroatoms. The predicted octanol–water partition coefficient (Wildman–Crippen LogP) is 4.46. The zero-order valence-corrected chi connectivity index (χ0v) is 14.5. The maximum atomic E-state index is 13.0. The number of hydrogen-bond acceptors (Lipinski definition) is 3. The predicted molar refractivity (Wildman–Crippen MR) is 94.1 cm³/mol. The molecule has 0 amide bonds. The second kappa shape index (κ2) is 8.49. The minimum Gasteiger partial charge on any atom is -0.374 e. The van der Waals surface area contributed by atoms with E-state index in [0.29, 0.717) is 13.0 Å². The number of halogens is 4. The van der Waals surface area contributed by atoms with Gasteiger partial charge in [0.15, 0.2) is 0 Å². The molecule has 0 fully saturated rings. The van der Waals surface area contributed by atoms with Crippen molar-refractivity contribution in [1.29, 1.82) is 0 Å². The Morgan fingerprint density at radius 3 is 2.58 bits per heavy atom. The molecule has 0 aromatic carbocycles. The van der Waals surface area contributed by atoms with E-state index < -0.39 is 24.0 Å². The molecular formula is C19H22F4N2O. The van der Waals surface area contributed by atoms with Gasteiger partial charge in [0.05, 0.1) is 6.54 Å². The lowest BCUT2D eigenvalue weighted by Gasteiger charge is -2.31. The maximum absolute atomic E-state index is 13.0. The standard InChI is InChI=1S/C19H22F4N2O/c1-3-16(19(26,17(20)21)18(22)23)9-4-6-14-10-11-24-25(12-14)13(2)15-7-5-8-15/h3-5,7,9-11,15,17-18,26H,2,6,8,12H2,1H3/b9-4-,16-3+. The summed E-state index contributed by atoms with van der Waals surface area (Å²) in [5, 5.41) is 15.7. The summed E-state index contributed by atoms with van der Waals surface area (Å²) in [7, 11) is 0. The summed E-state index contributed by atoms with van der Waals surface area (Å²) in [6.07, 6.45) is 5.28. The first-order chi connectivity index (χ1) is 12.3. The molecule has 1 aliphatic carbocycles. The van der Waals surface area contributed by atoms with E-state index >= 15 is 0 Å². The zero-order valence-electron chi connectivity index (χ0n) is 14.5. The fourth-order valence-corrected chi connectivity index (χ4v) is 2.67. The van der Waals surface area contributed by atoms with Gasteiger partial charge in [-0.2, -0.15) is 5.10 Å². The Balaban J connectivity index is 2.00. The Kier molecular flexibility index (Phi) is 6.58. The fraction of sp³-hybridized carbons (Fsp3) is 0.421. The minimum absolute atomic E-state index is 0.267. The van der Waals surface area contributed by atoms with E-state index in [0.717, 1.165) is 29.8 Å². The SMILES string of the molecule is C=C(C1C=CC1)N1CC(C/C=C\C(=C/C)C(O)(C(F)F)C(F)F)=CC=N1. The van der Waals surface area contributed by atoms with Crippen molar-refractivity contribution < 1.29 is 22.7 Å². The molecule has 2 aliphatic rings. The molecule has 0 aromatic rings. The quantitative estimate of drug-likeness (QED) is 0.389. The highest BCUT2D eigenvalue weighted by atomic mass is 19.3. The van der Waals surface area contributed by atoms with Crippen LogP contribution in [0.5, 0.6) is 0 Å². The van der Waals surface area contributed by atoms with Crippen molar-refractivity contribution in [1.82, 2.24) is 5.01 Å². The third-order valence-corrected chi connectivity index (χ3v) is 4.50. The normalized spacial score (nSPS) is 20.9. The van der Waals surface area contributed by atoms with Crippen molar-refractivity contribution in [2.45, 2.75) is 38.2 Å². The molecule has 0 spiro atoms. The summed E-state index contributed by atoms with van der Waals surface area (Å²) in [5.74, 6) is 0.267. The Morgan fingerprint density at radius 1 is 1.42 bits per heavy atom. The van der Waals surface area contributed by atoms with E-state index in [9.17, 15) is 22.7 Å². The first-order valence-electron chi connectivity index (χ1n) is 8.27. The molecule has 2 rings (SSSR count). The van der Waals surface area contributed by atoms with Crippen molar-refractivity contribution in [2.75, 3.05) is 6.54 Å². The largest absolute Gasteiger partial charge is 0.374 e. The lowest BCUT2D eigenvalue weighted by Crippen LogP contribution is -2.46. The first kappa shape index (κ1) is 20.2. The van der Waals surface area contributed by atoms with Gasteiger partial charge in [0, 0.05) is 17.8 Å². The van der Waals surface area contributed by atoms with Gasteiger partial charge in [-0.3, -0.25) is 5.01 Å². The Morgan fingerprint density at radius 2 is 2.08 bits per heavy atom. The van der Waals surface area contributed by atoms with Gasteiger partial charge in [0.1, 0.15) is 0 Å². The van der Waals surface area contributed by atoms with Gasteiger partial charge >= 0.3 is 0 Å². The van der Waals surface area contributed by atoms with Crippen LogP contribution in [-0.4, -0.2) is 41.3 Å². The van der Waals surface area contributed by atoms with Gasteiger partial charge in [0.2, 0.25) is 5.60 Å². The fourth-order valence-electron chi connectivity index (χ4n) is 2.67. The monoisotopic (exact) mass is 370 g/mol. The third-order valence-electron chi connectivity index (χ3n) is 4.50. The molecular weight excluding hydrogens is 348 g/mol. The Bertz CT molecular complexity index is 669. The lowest BCUT2D eigenvalue weighted by atomic mass is 9.91. The Hall–Kier alpha value is -2.15. The molecule has 1 N–H and O–H groups in total. The van der Waals surface area contributed by atoms with E-state index in [2.05, 4.69) is 17.8 Å². The average molecular weight is 370 g/mol. The highest BCUT2D eigenvalue weighted by Gasteiger charge is 2.49. The van der Waals surface area contributed by atoms with Gasteiger partial charge in [-0.25, -0.2) is 17.6 Å². The van der Waals surface area contributed by atoms with Crippen LogP contribution in [0.3, 0.4) is 0 Å². The smallest absolute Gasteiger partial charge is 0.276 e. The molecule has 0 saturated heterocycles. The van der Waals surface area contributed by atoms with Crippen LogP contribution < -0.4 is 0 Å². The third kappa shape index (κ3) is 4.15. The molecule has 1 aliphatic heterocycles. The summed E-state index contributed by atoms with van der Waals surface area (Å²) in [4.78, 5) is 0. The van der Waals surface area contributed by atoms with Gasteiger partial charge in [0.25, 0.3) is 12.9 Å². The lowest BCUT2D eigenvalue weighted by molar-refractivity contribution is -0.150. The van der Waals surface area contributed by atoms with Crippen molar-refractivity contribution in [3.63, 3.8) is 0 Å². The number of nitrogens with zero attached hydrogens (tertiary/aromatic N) is 2. The van der Waals surface area contributed by atoms with Crippen molar-refractivity contribution in [3.8, 4) is 0 Å². The molecule has 0 aromatic heterocycles. The van der Waals surface area contributed by atoms with Gasteiger partial charge in [-0.05, 0) is 37.0 Å². The molecule has 142 valence electrons. The molecule has 0 saturated carbocycles. The Labute approximate surface area is 150 Å². The topological polar surface area (TPSA) is 35.8 Å². The van der Waals surface area contributed by atoms with E-state index in [1.54, 1.807) is 17.3 Å². The van der Waals surface area contributed by atoms with Crippen LogP contribution in [0.4, 0.5) is 17.6 Å². The molecule has 1 heterocycles. The summed E-state index contributed by atoms with van der Waals surface area (Å²) in [6, 6.07) is 0. The molecule has 0 radical (unpaired) electrons. The van der Waals surface area contributed by atoms with E-state index in [-0.39, 0.29) is 5.92 Å². The van der Waals surface area contributed by atoms with Crippen molar-refractivity contribution >= 4 is 6.21 Å². The summed E-state index contributed by atoms with van der Waals surface area (Å²) >= 11 is 0. The van der Waals surface area contributed by atoms with Crippen LogP contribution in [0.1, 0.15) is 19.8 Å². The summed E-state index contributed by atoms with van der Waals surface area (Å²) in [5.41, 5.74) is -2.18. The van der Waals surface area contributed by atoms with Gasteiger partial charge < -0.3 is 5.11 Å². The van der Waals surface area contributed by atoms with E-state index in [4.69, 9.17) is 0 Å². The van der Waals surface area contributed by atoms with Crippen LogP contribution in [0.25, 0.3) is 0 Å². The average Bonchev–Trinajstić information content (AvgIpc) is 2.56. The van der Waals surface area contributed by atoms with Crippen LogP contribution in [-0.2, 0) is 0 Å². The van der Waals surface area contributed by atoms with Crippen molar-refractivity contribution in [3.05, 3.63) is 59.9 Å². The number of alkyl halides is 4. The molecule has 3 nitrogen and oxygen atoms in total. The number of hydrogen-bond donors (Lipinski definition) is 1. The van der Waals surface area contributed by atoms with E-state index in [1.165, 1.54) is 13.0 Å². The van der Waals surface area contributed by atoms with Crippen LogP contribution in [0.15, 0.2) is 65.0 Å². The van der Waals surface area contributed by atoms with Gasteiger partial charge in [-0.1, -0.05) is 37.0 Å². The molecule has 1 unspecified atom stereocenters. The number of aliphatic hydroxyl groups is 1. The first-order valence-corrected chi connectivity index (χ1v) is 8.27. The molecule has 26 heavy (non-hydrogen) atoms. The molecule has 0 bridgehead atoms. The highest BCUT2D eigenvalue weighted by molar-refractivity contribution is 5.73. The van der Waals surface area contributed by atoms with E-state index in [1.807, 2.05) is 6.08 Å². The minimum atomic E-state index is -3.59. The van der Waals surface area contributed by atoms with Crippen LogP contribution in [0.2, 0.25) is 0 Å². The van der Waals surface area contributed by atoms with Crippen molar-refractivity contribution in [2.24, 2.45) is 11.0 Å². The highest BCUT2D eigenvalue weighted by Crippen LogP contribution is 2.33. The van der Waals surface area contributed by atoms with Crippen LogP contribution >= 0.6 is 0 Å². The second-order valence-corrected chi connectivity index (χ2v) is 6.19. The number of allylic oxidation sites excluding steroid dienone is 5. The number of hydrazone groups is 1. The van der Waals surface area contributed by atoms with Gasteiger partial charge in [-0.15, -0.1) is 0 Å². The second-order valence-electron chi connectivity index (χ2n) is 6.19. The summed E-state index contributed by atoms with van der Waals surface area (Å²) < 4.78 is 51.8. The zero-order chi connectivity index (χ0) is 19.3. The summed E-state index contributed by atoms with van der Waals surface area (Å²) in [6.45, 7) is 5.86.